The highest BCUT2D eigenvalue weighted by Crippen LogP contribution is 2.62. The highest BCUT2D eigenvalue weighted by atomic mass is 16.5. The molecule has 1 unspecified atom stereocenters. The molecule has 1 aliphatic heterocycles. The highest BCUT2D eigenvalue weighted by Gasteiger charge is 2.72. The van der Waals surface area contributed by atoms with Crippen LogP contribution in [-0.4, -0.2) is 53.3 Å². The lowest BCUT2D eigenvalue weighted by Crippen LogP contribution is -2.75. The summed E-state index contributed by atoms with van der Waals surface area (Å²) in [5.41, 5.74) is 0.273. The van der Waals surface area contributed by atoms with E-state index in [1.54, 1.807) is 6.07 Å². The average molecular weight is 385 g/mol. The maximum absolute atomic E-state index is 12.8. The summed E-state index contributed by atoms with van der Waals surface area (Å²) >= 11 is 0. The van der Waals surface area contributed by atoms with Crippen LogP contribution in [0.25, 0.3) is 0 Å². The Balaban J connectivity index is 1.72. The largest absolute Gasteiger partial charge is 0.479 e. The summed E-state index contributed by atoms with van der Waals surface area (Å²) in [7, 11) is 2.26. The number of aliphatic hydroxyl groups is 1. The average Bonchev–Trinajstić information content (AvgIpc) is 3.42. The number of carbonyl (C=O) groups excluding carboxylic acids is 1. The van der Waals surface area contributed by atoms with Crippen LogP contribution in [0, 0.1) is 10.8 Å². The van der Waals surface area contributed by atoms with Gasteiger partial charge in [0.25, 0.3) is 0 Å². The molecule has 2 fully saturated rings. The lowest BCUT2D eigenvalue weighted by atomic mass is 9.52. The molecule has 0 amide bonds. The van der Waals surface area contributed by atoms with Crippen molar-refractivity contribution in [2.45, 2.75) is 69.1 Å². The van der Waals surface area contributed by atoms with Crippen LogP contribution >= 0.6 is 0 Å². The van der Waals surface area contributed by atoms with Gasteiger partial charge in [-0.1, -0.05) is 6.07 Å². The lowest BCUT2D eigenvalue weighted by Gasteiger charge is -2.59. The molecule has 5 rings (SSSR count). The first-order chi connectivity index (χ1) is 13.3. The van der Waals surface area contributed by atoms with Crippen molar-refractivity contribution in [1.29, 1.82) is 0 Å². The molecule has 0 saturated heterocycles. The van der Waals surface area contributed by atoms with Crippen molar-refractivity contribution in [3.05, 3.63) is 28.2 Å². The molecule has 0 bridgehead atoms. The van der Waals surface area contributed by atoms with Gasteiger partial charge < -0.3 is 14.3 Å². The van der Waals surface area contributed by atoms with Crippen molar-refractivity contribution in [3.63, 3.8) is 0 Å². The van der Waals surface area contributed by atoms with E-state index in [0.717, 1.165) is 41.0 Å². The summed E-state index contributed by atoms with van der Waals surface area (Å²) in [4.78, 5) is 24.2. The van der Waals surface area contributed by atoms with E-state index in [-0.39, 0.29) is 17.5 Å². The summed E-state index contributed by atoms with van der Waals surface area (Å²) in [6.07, 6.45) is 3.30. The van der Waals surface area contributed by atoms with Crippen molar-refractivity contribution in [2.24, 2.45) is 11.1 Å². The number of rotatable bonds is 5. The monoisotopic (exact) mass is 385 g/mol. The Bertz CT molecular complexity index is 882. The van der Waals surface area contributed by atoms with Gasteiger partial charge in [0.2, 0.25) is 0 Å². The summed E-state index contributed by atoms with van der Waals surface area (Å²) in [5, 5.41) is 15.4. The van der Waals surface area contributed by atoms with Gasteiger partial charge in [-0.3, -0.25) is 4.79 Å². The van der Waals surface area contributed by atoms with E-state index in [4.69, 9.17) is 4.74 Å². The second kappa shape index (κ2) is 5.63. The fraction of sp³-hybridized carbons (Fsp3) is 0.682. The molecular weight excluding hydrogens is 356 g/mol. The molecule has 1 N–H and O–H groups in total. The minimum absolute atomic E-state index is 0.00390. The Hall–Kier alpha value is -1.79. The Morgan fingerprint density at radius 3 is 2.75 bits per heavy atom. The van der Waals surface area contributed by atoms with Gasteiger partial charge >= 0.3 is 0 Å². The van der Waals surface area contributed by atoms with Gasteiger partial charge in [0.15, 0.2) is 17.6 Å². The number of nitrogens with zero attached hydrogens (tertiary/aromatic N) is 2. The number of benzene rings is 1. The fourth-order valence-corrected chi connectivity index (χ4v) is 6.44. The second-order valence-electron chi connectivity index (χ2n) is 9.77. The first-order valence-corrected chi connectivity index (χ1v) is 10.5. The third-order valence-electron chi connectivity index (χ3n) is 8.36. The summed E-state index contributed by atoms with van der Waals surface area (Å²) < 4.78 is 6.89. The molecule has 5 atom stereocenters. The van der Waals surface area contributed by atoms with Gasteiger partial charge in [-0.15, -0.1) is 4.91 Å². The van der Waals surface area contributed by atoms with Crippen LogP contribution in [0.15, 0.2) is 17.3 Å². The van der Waals surface area contributed by atoms with E-state index in [2.05, 4.69) is 19.1 Å². The molecule has 1 aromatic rings. The first kappa shape index (κ1) is 18.3. The fourth-order valence-electron chi connectivity index (χ4n) is 6.44. The second-order valence-corrected chi connectivity index (χ2v) is 9.77. The van der Waals surface area contributed by atoms with Gasteiger partial charge in [-0.05, 0) is 49.9 Å². The molecule has 1 heterocycles. The smallest absolute Gasteiger partial charge is 0.174 e. The van der Waals surface area contributed by atoms with Crippen molar-refractivity contribution in [2.75, 3.05) is 20.1 Å². The van der Waals surface area contributed by atoms with Crippen LogP contribution in [0.5, 0.6) is 5.75 Å². The summed E-state index contributed by atoms with van der Waals surface area (Å²) in [6, 6.07) is 3.65. The van der Waals surface area contributed by atoms with Gasteiger partial charge in [0.1, 0.15) is 17.3 Å². The zero-order valence-electron chi connectivity index (χ0n) is 16.9. The van der Waals surface area contributed by atoms with E-state index in [1.807, 2.05) is 13.0 Å². The highest BCUT2D eigenvalue weighted by molar-refractivity contribution is 5.90. The zero-order chi connectivity index (χ0) is 19.9. The maximum Gasteiger partial charge on any atom is 0.174 e. The van der Waals surface area contributed by atoms with Crippen molar-refractivity contribution < 1.29 is 19.1 Å². The number of likely N-dealkylation sites (N-methyl/N-ethyl adjacent to an activating group) is 1. The lowest BCUT2D eigenvalue weighted by molar-refractivity contribution is -0.941. The Morgan fingerprint density at radius 1 is 1.36 bits per heavy atom. The molecule has 0 aromatic heterocycles. The topological polar surface area (TPSA) is 76.0 Å². The Morgan fingerprint density at radius 2 is 2.11 bits per heavy atom. The number of carbonyl (C=O) groups is 1. The molecule has 0 radical (unpaired) electrons. The van der Waals surface area contributed by atoms with E-state index in [0.29, 0.717) is 18.6 Å². The molecular formula is C22H29N2O4+. The number of hydrogen-bond donors (Lipinski definition) is 1. The van der Waals surface area contributed by atoms with Crippen LogP contribution in [0.1, 0.15) is 50.7 Å². The van der Waals surface area contributed by atoms with Crippen molar-refractivity contribution in [3.8, 4) is 5.75 Å². The van der Waals surface area contributed by atoms with Crippen molar-refractivity contribution in [1.82, 2.24) is 0 Å². The van der Waals surface area contributed by atoms with Gasteiger partial charge in [0, 0.05) is 24.3 Å². The molecule has 6 nitrogen and oxygen atoms in total. The van der Waals surface area contributed by atoms with Crippen molar-refractivity contribution >= 4 is 11.5 Å². The van der Waals surface area contributed by atoms with E-state index < -0.39 is 17.1 Å². The Kier molecular flexibility index (Phi) is 3.67. The minimum atomic E-state index is -1.05. The van der Waals surface area contributed by atoms with Gasteiger partial charge in [0.05, 0.1) is 25.6 Å². The number of ketones is 1. The normalized spacial score (nSPS) is 37.8. The first-order valence-electron chi connectivity index (χ1n) is 10.5. The molecule has 4 aliphatic rings. The number of quaternary nitrogens is 1. The van der Waals surface area contributed by atoms with E-state index in [9.17, 15) is 14.8 Å². The quantitative estimate of drug-likeness (QED) is 0.624. The SMILES string of the molecule is CC[N+](C)(CC1CC1)[C@@H]1Cc2ccc(N=O)c3c2[C@@]2(C)[C@@H](O3)C(=O)CC[C@@]12O. The summed E-state index contributed by atoms with van der Waals surface area (Å²) in [6.45, 7) is 6.18. The van der Waals surface area contributed by atoms with Crippen LogP contribution in [0.2, 0.25) is 0 Å². The number of nitroso groups, excluding NO2 is 1. The van der Waals surface area contributed by atoms with E-state index >= 15 is 0 Å². The van der Waals surface area contributed by atoms with Crippen LogP contribution in [0.3, 0.4) is 0 Å². The molecule has 6 heteroatoms. The molecule has 150 valence electrons. The third-order valence-corrected chi connectivity index (χ3v) is 8.36. The predicted molar refractivity (Wildman–Crippen MR) is 105 cm³/mol. The number of hydrogen-bond acceptors (Lipinski definition) is 5. The zero-order valence-corrected chi connectivity index (χ0v) is 16.9. The van der Waals surface area contributed by atoms with Gasteiger partial charge in [-0.25, -0.2) is 0 Å². The third kappa shape index (κ3) is 2.08. The molecule has 0 spiro atoms. The van der Waals surface area contributed by atoms with E-state index in [1.165, 1.54) is 12.8 Å². The maximum atomic E-state index is 12.8. The molecule has 28 heavy (non-hydrogen) atoms. The number of ether oxygens (including phenoxy) is 1. The summed E-state index contributed by atoms with van der Waals surface area (Å²) in [5.74, 6) is 1.17. The minimum Gasteiger partial charge on any atom is -0.479 e. The van der Waals surface area contributed by atoms with Crippen LogP contribution < -0.4 is 4.74 Å². The molecule has 2 saturated carbocycles. The Labute approximate surface area is 165 Å². The number of Topliss-reactive ketones (excluding diaryl/α,β-unsaturated/α-hetero) is 1. The molecule has 1 aromatic carbocycles. The van der Waals surface area contributed by atoms with Crippen LogP contribution in [0.4, 0.5) is 5.69 Å². The molecule has 3 aliphatic carbocycles. The van der Waals surface area contributed by atoms with Crippen LogP contribution in [-0.2, 0) is 16.6 Å². The standard InChI is InChI=1S/C22H29N2O4/c1-4-24(3,12-13-5-6-13)17-11-14-7-8-15(23-27)19-18(14)21(2)20(28-19)16(25)9-10-22(17,21)26/h7-8,13,17,20,26H,4-6,9-12H2,1-3H3/q+1/t17-,20+,21+,22-,24?/m1/s1. The van der Waals surface area contributed by atoms with Gasteiger partial charge in [-0.2, -0.15) is 0 Å². The predicted octanol–water partition coefficient (Wildman–Crippen LogP) is 3.00.